The van der Waals surface area contributed by atoms with Crippen LogP contribution < -0.4 is 31.3 Å². The molecule has 1 fully saturated rings. The molecule has 3 aromatic carbocycles. The minimum atomic E-state index is -4.79. The average molecular weight is 1000 g/mol. The normalized spacial score (nSPS) is 15.7. The Kier molecular flexibility index (Phi) is 20.4. The number of unbranched alkanes of at least 4 members (excludes halogenated alkanes) is 2. The largest absolute Gasteiger partial charge is 0.489 e. The van der Waals surface area contributed by atoms with Crippen LogP contribution in [0, 0.1) is 5.82 Å². The Bertz CT molecular complexity index is 2350. The summed E-state index contributed by atoms with van der Waals surface area (Å²) in [5.41, 5.74) is 8.27. The molecule has 70 heavy (non-hydrogen) atoms. The fraction of sp³-hybridized carbons (Fsp3) is 0.500. The zero-order chi connectivity index (χ0) is 51.0. The van der Waals surface area contributed by atoms with E-state index in [2.05, 4.69) is 37.7 Å². The molecule has 1 aliphatic carbocycles. The van der Waals surface area contributed by atoms with Gasteiger partial charge in [-0.05, 0) is 113 Å². The van der Waals surface area contributed by atoms with Gasteiger partial charge >= 0.3 is 12.3 Å². The molecule has 2 aliphatic rings. The number of amides is 3. The first-order valence-corrected chi connectivity index (χ1v) is 23.9. The number of alkyl halides is 3. The highest BCUT2D eigenvalue weighted by molar-refractivity contribution is 6.30. The number of fused-ring (bicyclic) bond motifs is 1. The third-order valence-electron chi connectivity index (χ3n) is 11.6. The van der Waals surface area contributed by atoms with Crippen molar-refractivity contribution in [1.82, 2.24) is 35.7 Å². The van der Waals surface area contributed by atoms with Crippen molar-refractivity contribution in [2.75, 3.05) is 76.6 Å². The summed E-state index contributed by atoms with van der Waals surface area (Å²) < 4.78 is 63.6. The van der Waals surface area contributed by atoms with Crippen molar-refractivity contribution in [3.63, 3.8) is 0 Å². The summed E-state index contributed by atoms with van der Waals surface area (Å²) >= 11 is 5.90. The number of carbonyl (C=O) groups is 3. The van der Waals surface area contributed by atoms with E-state index in [0.29, 0.717) is 75.1 Å². The molecule has 1 saturated heterocycles. The summed E-state index contributed by atoms with van der Waals surface area (Å²) in [5, 5.41) is 20.0. The number of hydrogen-bond acceptors (Lipinski definition) is 12. The summed E-state index contributed by atoms with van der Waals surface area (Å²) in [7, 11) is 1.62. The SMILES string of the molecule is CN(CCNC(=O)CNCCCCCNCc1cc(N)ccc1OCc1ccc(F)c(C(F)(F)F)c1)C(=O)OC(C)(C)C.C[C@@H]1CC(O)c2ncnc(N3CCN(C(=O)Cc4ccc(Cl)cc4)CC3)c21. The first-order chi connectivity index (χ1) is 33.2. The van der Waals surface area contributed by atoms with E-state index in [4.69, 9.17) is 26.8 Å². The smallest absolute Gasteiger partial charge is 0.419 e. The number of aromatic nitrogens is 2. The molecular formula is C50H66ClF4N9O6. The quantitative estimate of drug-likeness (QED) is 0.0357. The number of anilines is 2. The van der Waals surface area contributed by atoms with Crippen LogP contribution in [0.3, 0.4) is 0 Å². The molecule has 1 aromatic heterocycles. The Balaban J connectivity index is 0.000000287. The van der Waals surface area contributed by atoms with Crippen molar-refractivity contribution < 1.29 is 46.5 Å². The lowest BCUT2D eigenvalue weighted by atomic mass is 10.1. The molecule has 20 heteroatoms. The number of nitrogen functional groups attached to an aromatic ring is 1. The maximum absolute atomic E-state index is 13.6. The van der Waals surface area contributed by atoms with Crippen LogP contribution in [0.4, 0.5) is 33.9 Å². The number of nitrogens with two attached hydrogens (primary N) is 1. The maximum atomic E-state index is 13.6. The van der Waals surface area contributed by atoms with Crippen LogP contribution in [0.2, 0.25) is 5.02 Å². The molecule has 4 aromatic rings. The highest BCUT2D eigenvalue weighted by Crippen LogP contribution is 2.43. The van der Waals surface area contributed by atoms with Gasteiger partial charge in [0.1, 0.15) is 35.9 Å². The molecule has 1 unspecified atom stereocenters. The van der Waals surface area contributed by atoms with Crippen molar-refractivity contribution in [3.05, 3.63) is 111 Å². The Hall–Kier alpha value is -5.76. The van der Waals surface area contributed by atoms with Gasteiger partial charge in [0.25, 0.3) is 0 Å². The number of likely N-dealkylation sites (N-methyl/N-ethyl adjacent to an activating group) is 1. The number of hydrogen-bond donors (Lipinski definition) is 5. The number of halogens is 5. The van der Waals surface area contributed by atoms with Crippen molar-refractivity contribution in [3.8, 4) is 5.75 Å². The summed E-state index contributed by atoms with van der Waals surface area (Å²) in [6.45, 7) is 12.8. The predicted octanol–water partition coefficient (Wildman–Crippen LogP) is 7.40. The molecule has 0 radical (unpaired) electrons. The van der Waals surface area contributed by atoms with Crippen LogP contribution in [0.15, 0.2) is 67.0 Å². The van der Waals surface area contributed by atoms with Gasteiger partial charge in [-0.15, -0.1) is 0 Å². The van der Waals surface area contributed by atoms with Gasteiger partial charge in [-0.1, -0.05) is 43.1 Å². The Morgan fingerprint density at radius 1 is 0.914 bits per heavy atom. The zero-order valence-electron chi connectivity index (χ0n) is 40.5. The van der Waals surface area contributed by atoms with Gasteiger partial charge < -0.3 is 51.0 Å². The third-order valence-corrected chi connectivity index (χ3v) is 11.8. The van der Waals surface area contributed by atoms with Crippen molar-refractivity contribution >= 4 is 41.0 Å². The molecule has 2 heterocycles. The first kappa shape index (κ1) is 55.2. The van der Waals surface area contributed by atoms with Crippen molar-refractivity contribution in [2.24, 2.45) is 0 Å². The molecule has 6 N–H and O–H groups in total. The Morgan fingerprint density at radius 2 is 1.60 bits per heavy atom. The van der Waals surface area contributed by atoms with E-state index >= 15 is 0 Å². The van der Waals surface area contributed by atoms with E-state index in [1.165, 1.54) is 17.3 Å². The summed E-state index contributed by atoms with van der Waals surface area (Å²) in [5.74, 6) is 0.281. The van der Waals surface area contributed by atoms with Crippen LogP contribution in [-0.4, -0.2) is 114 Å². The van der Waals surface area contributed by atoms with E-state index in [1.54, 1.807) is 46.0 Å². The minimum Gasteiger partial charge on any atom is -0.489 e. The summed E-state index contributed by atoms with van der Waals surface area (Å²) in [6, 6.07) is 15.2. The standard InChI is InChI=1S/C30H43F4N5O4.C20H23ClN4O2/c1-29(2,3)43-28(41)39(4)15-14-38-27(40)19-37-13-7-5-6-12-36-18-22-17-23(35)9-11-26(22)42-20-21-8-10-25(31)24(16-21)30(32,33)34;1-13-10-16(26)19-18(13)20(23-12-22-19)25-8-6-24(7-9-25)17(27)11-14-2-4-15(21)5-3-14/h8-11,16-17,36-37H,5-7,12-15,18-20,35H2,1-4H3,(H,38,40);2-5,12-13,16,26H,6-11H2,1H3/t;13-,16?/m.1/s1. The number of rotatable bonds is 19. The van der Waals surface area contributed by atoms with Crippen LogP contribution >= 0.6 is 11.6 Å². The number of nitrogens with zero attached hydrogens (tertiary/aromatic N) is 5. The Labute approximate surface area is 412 Å². The fourth-order valence-electron chi connectivity index (χ4n) is 7.89. The number of aliphatic hydroxyl groups is 1. The van der Waals surface area contributed by atoms with Crippen molar-refractivity contribution in [2.45, 2.75) is 96.7 Å². The molecular weight excluding hydrogens is 934 g/mol. The summed E-state index contributed by atoms with van der Waals surface area (Å²) in [4.78, 5) is 50.8. The van der Waals surface area contributed by atoms with Gasteiger partial charge in [0.2, 0.25) is 11.8 Å². The van der Waals surface area contributed by atoms with Crippen LogP contribution in [0.5, 0.6) is 5.75 Å². The lowest BCUT2D eigenvalue weighted by Gasteiger charge is -2.36. The topological polar surface area (TPSA) is 188 Å². The van der Waals surface area contributed by atoms with E-state index in [1.807, 2.05) is 29.2 Å². The van der Waals surface area contributed by atoms with Gasteiger partial charge in [-0.2, -0.15) is 13.2 Å². The number of nitrogens with one attached hydrogen (secondary N) is 3. The van der Waals surface area contributed by atoms with E-state index in [9.17, 15) is 37.1 Å². The number of aliphatic hydroxyl groups excluding tert-OH is 1. The number of carbonyl (C=O) groups excluding carboxylic acids is 3. The first-order valence-electron chi connectivity index (χ1n) is 23.5. The molecule has 0 spiro atoms. The molecule has 0 bridgehead atoms. The highest BCUT2D eigenvalue weighted by atomic mass is 35.5. The lowest BCUT2D eigenvalue weighted by molar-refractivity contribution is -0.140. The monoisotopic (exact) mass is 999 g/mol. The lowest BCUT2D eigenvalue weighted by Crippen LogP contribution is -2.49. The van der Waals surface area contributed by atoms with Gasteiger partial charge in [-0.3, -0.25) is 9.59 Å². The fourth-order valence-corrected chi connectivity index (χ4v) is 8.01. The van der Waals surface area contributed by atoms with Crippen LogP contribution in [0.25, 0.3) is 0 Å². The molecule has 382 valence electrons. The average Bonchev–Trinajstić information content (AvgIpc) is 3.60. The van der Waals surface area contributed by atoms with Crippen molar-refractivity contribution in [1.29, 1.82) is 0 Å². The van der Waals surface area contributed by atoms with E-state index < -0.39 is 35.4 Å². The molecule has 1 aliphatic heterocycles. The minimum absolute atomic E-state index is 0.133. The number of ether oxygens (including phenoxy) is 2. The number of benzene rings is 3. The van der Waals surface area contributed by atoms with Gasteiger partial charge in [0, 0.05) is 74.7 Å². The van der Waals surface area contributed by atoms with Crippen LogP contribution in [-0.2, 0) is 40.1 Å². The molecule has 0 saturated carbocycles. The molecule has 2 atom stereocenters. The molecule has 6 rings (SSSR count). The Morgan fingerprint density at radius 3 is 2.29 bits per heavy atom. The van der Waals surface area contributed by atoms with E-state index in [0.717, 1.165) is 72.7 Å². The second-order valence-electron chi connectivity index (χ2n) is 18.5. The third kappa shape index (κ3) is 17.3. The second kappa shape index (κ2) is 25.9. The van der Waals surface area contributed by atoms with E-state index in [-0.39, 0.29) is 36.4 Å². The van der Waals surface area contributed by atoms with Gasteiger partial charge in [0.15, 0.2) is 0 Å². The van der Waals surface area contributed by atoms with Gasteiger partial charge in [0.05, 0.1) is 30.3 Å². The zero-order valence-corrected chi connectivity index (χ0v) is 41.3. The predicted molar refractivity (Wildman–Crippen MR) is 261 cm³/mol. The molecule has 15 nitrogen and oxygen atoms in total. The van der Waals surface area contributed by atoms with Gasteiger partial charge in [-0.25, -0.2) is 19.2 Å². The second-order valence-corrected chi connectivity index (χ2v) is 18.9. The highest BCUT2D eigenvalue weighted by Gasteiger charge is 2.35. The maximum Gasteiger partial charge on any atom is 0.419 e. The van der Waals surface area contributed by atoms with Crippen LogP contribution in [0.1, 0.15) is 98.9 Å². The summed E-state index contributed by atoms with van der Waals surface area (Å²) in [6.07, 6.45) is -0.418. The molecule has 3 amide bonds. The number of piperazine rings is 1.